The van der Waals surface area contributed by atoms with Crippen molar-refractivity contribution in [2.45, 2.75) is 27.7 Å². The zero-order chi connectivity index (χ0) is 13.3. The number of rotatable bonds is 3. The third-order valence-corrected chi connectivity index (χ3v) is 2.36. The lowest BCUT2D eigenvalue weighted by molar-refractivity contribution is 0.0490. The highest BCUT2D eigenvalue weighted by atomic mass is 16.5. The molecule has 0 unspecified atom stereocenters. The lowest BCUT2D eigenvalue weighted by atomic mass is 10.3. The molecule has 0 amide bonds. The highest BCUT2D eigenvalue weighted by Crippen LogP contribution is 2.26. The molecule has 2 aromatic heterocycles. The largest absolute Gasteiger partial charge is 0.460 e. The fourth-order valence-corrected chi connectivity index (χ4v) is 1.61. The van der Waals surface area contributed by atoms with E-state index in [4.69, 9.17) is 13.6 Å². The second kappa shape index (κ2) is 4.64. The smallest absolute Gasteiger partial charge is 0.376 e. The third-order valence-electron chi connectivity index (χ3n) is 2.36. The summed E-state index contributed by atoms with van der Waals surface area (Å²) in [4.78, 5) is 19.9. The molecule has 0 N–H and O–H groups in total. The minimum absolute atomic E-state index is 0.0975. The first kappa shape index (κ1) is 12.3. The van der Waals surface area contributed by atoms with Gasteiger partial charge in [0.15, 0.2) is 5.89 Å². The predicted molar refractivity (Wildman–Crippen MR) is 62.2 cm³/mol. The molecular weight excluding hydrogens is 236 g/mol. The Morgan fingerprint density at radius 2 is 1.89 bits per heavy atom. The lowest BCUT2D eigenvalue weighted by Gasteiger charge is -1.97. The van der Waals surface area contributed by atoms with Crippen molar-refractivity contribution in [2.24, 2.45) is 0 Å². The van der Waals surface area contributed by atoms with Crippen molar-refractivity contribution in [1.82, 2.24) is 9.97 Å². The molecule has 0 aromatic carbocycles. The molecule has 0 bridgehead atoms. The van der Waals surface area contributed by atoms with Crippen molar-refractivity contribution in [1.29, 1.82) is 0 Å². The molecule has 0 fully saturated rings. The highest BCUT2D eigenvalue weighted by molar-refractivity contribution is 5.87. The first-order valence-corrected chi connectivity index (χ1v) is 5.61. The van der Waals surface area contributed by atoms with E-state index in [9.17, 15) is 4.79 Å². The summed E-state index contributed by atoms with van der Waals surface area (Å²) in [6.07, 6.45) is 0. The molecule has 0 aliphatic rings. The first-order valence-electron chi connectivity index (χ1n) is 5.61. The van der Waals surface area contributed by atoms with Gasteiger partial charge in [-0.3, -0.25) is 0 Å². The second-order valence-electron chi connectivity index (χ2n) is 3.80. The van der Waals surface area contributed by atoms with Crippen molar-refractivity contribution >= 4 is 5.97 Å². The zero-order valence-electron chi connectivity index (χ0n) is 10.7. The summed E-state index contributed by atoms with van der Waals surface area (Å²) >= 11 is 0. The van der Waals surface area contributed by atoms with Gasteiger partial charge in [-0.2, -0.15) is 0 Å². The van der Waals surface area contributed by atoms with Gasteiger partial charge in [-0.1, -0.05) is 0 Å². The molecule has 0 atom stereocenters. The first-order chi connectivity index (χ1) is 8.52. The minimum atomic E-state index is -0.525. The average Bonchev–Trinajstić information content (AvgIpc) is 2.82. The molecule has 0 spiro atoms. The van der Waals surface area contributed by atoms with Crippen LogP contribution < -0.4 is 0 Å². The van der Waals surface area contributed by atoms with Gasteiger partial charge in [0, 0.05) is 6.92 Å². The summed E-state index contributed by atoms with van der Waals surface area (Å²) in [5, 5.41) is 0. The van der Waals surface area contributed by atoms with Crippen molar-refractivity contribution in [3.63, 3.8) is 0 Å². The summed E-state index contributed by atoms with van der Waals surface area (Å²) in [5.74, 6) is 0.777. The second-order valence-corrected chi connectivity index (χ2v) is 3.80. The van der Waals surface area contributed by atoms with Gasteiger partial charge in [-0.05, 0) is 20.8 Å². The van der Waals surface area contributed by atoms with Gasteiger partial charge in [0.05, 0.1) is 18.0 Å². The van der Waals surface area contributed by atoms with Crippen LogP contribution in [0.5, 0.6) is 0 Å². The predicted octanol–water partition coefficient (Wildman–Crippen LogP) is 2.43. The van der Waals surface area contributed by atoms with Crippen LogP contribution in [0.1, 0.15) is 34.8 Å². The number of hydrogen-bond acceptors (Lipinski definition) is 6. The van der Waals surface area contributed by atoms with Crippen LogP contribution >= 0.6 is 0 Å². The number of aromatic nitrogens is 2. The maximum absolute atomic E-state index is 11.6. The molecule has 2 aromatic rings. The number of oxazole rings is 2. The number of carbonyl (C=O) groups excluding carboxylic acids is 1. The number of carbonyl (C=O) groups is 1. The van der Waals surface area contributed by atoms with Crippen LogP contribution in [0.4, 0.5) is 0 Å². The quantitative estimate of drug-likeness (QED) is 0.778. The SMILES string of the molecule is CCOC(=O)c1oc(-c2oc(C)nc2C)nc1C. The molecule has 6 heteroatoms. The van der Waals surface area contributed by atoms with Crippen molar-refractivity contribution in [3.05, 3.63) is 23.0 Å². The average molecular weight is 250 g/mol. The van der Waals surface area contributed by atoms with E-state index < -0.39 is 5.97 Å². The fourth-order valence-electron chi connectivity index (χ4n) is 1.61. The Hall–Kier alpha value is -2.11. The van der Waals surface area contributed by atoms with Gasteiger partial charge >= 0.3 is 5.97 Å². The van der Waals surface area contributed by atoms with E-state index in [-0.39, 0.29) is 18.3 Å². The van der Waals surface area contributed by atoms with Gasteiger partial charge in [0.1, 0.15) is 0 Å². The summed E-state index contributed by atoms with van der Waals surface area (Å²) < 4.78 is 15.7. The van der Waals surface area contributed by atoms with Crippen LogP contribution in [0, 0.1) is 20.8 Å². The van der Waals surface area contributed by atoms with Gasteiger partial charge in [-0.15, -0.1) is 0 Å². The Labute approximate surface area is 104 Å². The molecule has 6 nitrogen and oxygen atoms in total. The summed E-state index contributed by atoms with van der Waals surface area (Å²) in [6, 6.07) is 0. The Morgan fingerprint density at radius 3 is 2.44 bits per heavy atom. The molecule has 0 aliphatic heterocycles. The molecule has 96 valence electrons. The van der Waals surface area contributed by atoms with Gasteiger partial charge < -0.3 is 13.6 Å². The van der Waals surface area contributed by atoms with E-state index >= 15 is 0 Å². The summed E-state index contributed by atoms with van der Waals surface area (Å²) in [6.45, 7) is 7.22. The van der Waals surface area contributed by atoms with E-state index in [1.807, 2.05) is 0 Å². The molecular formula is C12H14N2O4. The lowest BCUT2D eigenvalue weighted by Crippen LogP contribution is -2.04. The Kier molecular flexibility index (Phi) is 3.18. The van der Waals surface area contributed by atoms with Crippen molar-refractivity contribution in [3.8, 4) is 11.7 Å². The number of nitrogens with zero attached hydrogens (tertiary/aromatic N) is 2. The number of hydrogen-bond donors (Lipinski definition) is 0. The van der Waals surface area contributed by atoms with Crippen LogP contribution in [0.3, 0.4) is 0 Å². The van der Waals surface area contributed by atoms with Crippen LogP contribution in [0.15, 0.2) is 8.83 Å². The molecule has 18 heavy (non-hydrogen) atoms. The van der Waals surface area contributed by atoms with Crippen molar-refractivity contribution in [2.75, 3.05) is 6.61 Å². The Bertz CT molecular complexity index is 583. The molecule has 0 saturated carbocycles. The maximum atomic E-state index is 11.6. The normalized spacial score (nSPS) is 10.7. The van der Waals surface area contributed by atoms with E-state index in [0.29, 0.717) is 23.0 Å². The minimum Gasteiger partial charge on any atom is -0.460 e. The van der Waals surface area contributed by atoms with Crippen LogP contribution in [-0.4, -0.2) is 22.5 Å². The molecule has 0 radical (unpaired) electrons. The molecule has 0 aliphatic carbocycles. The van der Waals surface area contributed by atoms with E-state index in [0.717, 1.165) is 0 Å². The zero-order valence-corrected chi connectivity index (χ0v) is 10.7. The Morgan fingerprint density at radius 1 is 1.17 bits per heavy atom. The topological polar surface area (TPSA) is 78.4 Å². The van der Waals surface area contributed by atoms with Crippen molar-refractivity contribution < 1.29 is 18.4 Å². The fraction of sp³-hybridized carbons (Fsp3) is 0.417. The monoisotopic (exact) mass is 250 g/mol. The number of esters is 1. The number of aryl methyl sites for hydroxylation is 3. The summed E-state index contributed by atoms with van der Waals surface area (Å²) in [5.41, 5.74) is 1.14. The van der Waals surface area contributed by atoms with E-state index in [1.165, 1.54) is 0 Å². The third kappa shape index (κ3) is 2.13. The maximum Gasteiger partial charge on any atom is 0.376 e. The summed E-state index contributed by atoms with van der Waals surface area (Å²) in [7, 11) is 0. The van der Waals surface area contributed by atoms with E-state index in [2.05, 4.69) is 9.97 Å². The van der Waals surface area contributed by atoms with Gasteiger partial charge in [0.2, 0.25) is 11.5 Å². The van der Waals surface area contributed by atoms with Crippen LogP contribution in [0.25, 0.3) is 11.7 Å². The number of ether oxygens (including phenoxy) is 1. The molecule has 0 saturated heterocycles. The van der Waals surface area contributed by atoms with Gasteiger partial charge in [0.25, 0.3) is 5.89 Å². The van der Waals surface area contributed by atoms with Gasteiger partial charge in [-0.25, -0.2) is 14.8 Å². The van der Waals surface area contributed by atoms with Crippen LogP contribution in [-0.2, 0) is 4.74 Å². The Balaban J connectivity index is 2.40. The standard InChI is InChI=1S/C12H14N2O4/c1-5-16-12(15)10-7(3)14-11(18-10)9-6(2)13-8(4)17-9/h5H2,1-4H3. The molecule has 2 rings (SSSR count). The van der Waals surface area contributed by atoms with E-state index in [1.54, 1.807) is 27.7 Å². The molecule has 2 heterocycles. The van der Waals surface area contributed by atoms with Crippen LogP contribution in [0.2, 0.25) is 0 Å². The highest BCUT2D eigenvalue weighted by Gasteiger charge is 2.22.